The van der Waals surface area contributed by atoms with E-state index >= 15 is 0 Å². The molecule has 1 aliphatic rings. The van der Waals surface area contributed by atoms with Crippen LogP contribution >= 0.6 is 0 Å². The molecule has 16 heavy (non-hydrogen) atoms. The van der Waals surface area contributed by atoms with E-state index < -0.39 is 6.43 Å². The normalized spacial score (nSPS) is 20.4. The quantitative estimate of drug-likeness (QED) is 0.828. The molecule has 2 nitrogen and oxygen atoms in total. The van der Waals surface area contributed by atoms with Gasteiger partial charge in [0.1, 0.15) is 0 Å². The summed E-state index contributed by atoms with van der Waals surface area (Å²) in [5, 5.41) is 6.63. The molecule has 1 heterocycles. The highest BCUT2D eigenvalue weighted by Gasteiger charge is 2.15. The summed E-state index contributed by atoms with van der Waals surface area (Å²) in [6, 6.07) is 5.20. The van der Waals surface area contributed by atoms with Crippen molar-refractivity contribution in [1.82, 2.24) is 5.32 Å². The van der Waals surface area contributed by atoms with Gasteiger partial charge in [-0.1, -0.05) is 6.07 Å². The average molecular weight is 226 g/mol. The Morgan fingerprint density at radius 3 is 2.81 bits per heavy atom. The third-order valence-electron chi connectivity index (χ3n) is 2.92. The average Bonchev–Trinajstić information content (AvgIpc) is 2.73. The van der Waals surface area contributed by atoms with E-state index in [1.165, 1.54) is 6.07 Å². The van der Waals surface area contributed by atoms with Gasteiger partial charge in [0, 0.05) is 23.8 Å². The number of nitrogens with one attached hydrogen (secondary N) is 2. The first-order valence-corrected chi connectivity index (χ1v) is 5.53. The Morgan fingerprint density at radius 1 is 1.44 bits per heavy atom. The highest BCUT2D eigenvalue weighted by Crippen LogP contribution is 2.24. The van der Waals surface area contributed by atoms with Crippen LogP contribution in [-0.2, 0) is 0 Å². The van der Waals surface area contributed by atoms with Crippen LogP contribution in [0.3, 0.4) is 0 Å². The van der Waals surface area contributed by atoms with E-state index in [2.05, 4.69) is 10.6 Å². The van der Waals surface area contributed by atoms with Crippen LogP contribution < -0.4 is 10.6 Å². The summed E-state index contributed by atoms with van der Waals surface area (Å²) in [5.41, 5.74) is 1.93. The molecule has 1 atom stereocenters. The molecule has 2 rings (SSSR count). The van der Waals surface area contributed by atoms with Crippen molar-refractivity contribution in [3.8, 4) is 0 Å². The lowest BCUT2D eigenvalue weighted by Gasteiger charge is -2.15. The van der Waals surface area contributed by atoms with Crippen LogP contribution in [0.15, 0.2) is 18.2 Å². The summed E-state index contributed by atoms with van der Waals surface area (Å²) in [6.45, 7) is 3.82. The zero-order valence-corrected chi connectivity index (χ0v) is 9.26. The molecule has 0 bridgehead atoms. The maximum absolute atomic E-state index is 12.5. The van der Waals surface area contributed by atoms with Crippen molar-refractivity contribution < 1.29 is 8.78 Å². The Hall–Kier alpha value is -1.16. The van der Waals surface area contributed by atoms with Gasteiger partial charge < -0.3 is 10.6 Å². The number of aryl methyl sites for hydroxylation is 1. The van der Waals surface area contributed by atoms with E-state index in [0.717, 1.165) is 30.8 Å². The summed E-state index contributed by atoms with van der Waals surface area (Å²) in [5.74, 6) is 0. The zero-order chi connectivity index (χ0) is 11.5. The fourth-order valence-corrected chi connectivity index (χ4v) is 1.98. The molecule has 1 aromatic rings. The van der Waals surface area contributed by atoms with Crippen molar-refractivity contribution in [2.75, 3.05) is 18.4 Å². The lowest BCUT2D eigenvalue weighted by atomic mass is 10.1. The second-order valence-electron chi connectivity index (χ2n) is 4.21. The number of halogens is 2. The van der Waals surface area contributed by atoms with Crippen LogP contribution in [0.4, 0.5) is 14.5 Å². The monoisotopic (exact) mass is 226 g/mol. The van der Waals surface area contributed by atoms with Gasteiger partial charge in [0.15, 0.2) is 0 Å². The molecule has 0 saturated carbocycles. The fourth-order valence-electron chi connectivity index (χ4n) is 1.98. The second kappa shape index (κ2) is 4.78. The summed E-state index contributed by atoms with van der Waals surface area (Å²) < 4.78 is 24.9. The Kier molecular flexibility index (Phi) is 3.39. The maximum Gasteiger partial charge on any atom is 0.263 e. The molecule has 1 fully saturated rings. The minimum absolute atomic E-state index is 0.0904. The molecule has 4 heteroatoms. The number of rotatable bonds is 3. The molecular formula is C12H16F2N2. The minimum Gasteiger partial charge on any atom is -0.381 e. The van der Waals surface area contributed by atoms with E-state index in [9.17, 15) is 8.78 Å². The molecule has 88 valence electrons. The number of anilines is 1. The van der Waals surface area contributed by atoms with Gasteiger partial charge in [-0.3, -0.25) is 0 Å². The fraction of sp³-hybridized carbons (Fsp3) is 0.500. The number of benzene rings is 1. The van der Waals surface area contributed by atoms with Gasteiger partial charge in [-0.2, -0.15) is 0 Å². The topological polar surface area (TPSA) is 24.1 Å². The van der Waals surface area contributed by atoms with Crippen molar-refractivity contribution in [1.29, 1.82) is 0 Å². The Bertz CT molecular complexity index is 360. The minimum atomic E-state index is -2.39. The third-order valence-corrected chi connectivity index (χ3v) is 2.92. The van der Waals surface area contributed by atoms with Crippen LogP contribution in [0.25, 0.3) is 0 Å². The Labute approximate surface area is 94.0 Å². The van der Waals surface area contributed by atoms with Gasteiger partial charge in [0.2, 0.25) is 0 Å². The summed E-state index contributed by atoms with van der Waals surface area (Å²) >= 11 is 0. The molecule has 0 aliphatic carbocycles. The lowest BCUT2D eigenvalue weighted by molar-refractivity contribution is 0.151. The molecule has 0 amide bonds. The molecule has 0 spiro atoms. The molecule has 1 aromatic carbocycles. The van der Waals surface area contributed by atoms with E-state index in [4.69, 9.17) is 0 Å². The molecule has 2 N–H and O–H groups in total. The van der Waals surface area contributed by atoms with Crippen molar-refractivity contribution >= 4 is 5.69 Å². The highest BCUT2D eigenvalue weighted by molar-refractivity contribution is 5.53. The predicted octanol–water partition coefficient (Wildman–Crippen LogP) is 2.71. The van der Waals surface area contributed by atoms with Crippen molar-refractivity contribution in [2.45, 2.75) is 25.8 Å². The van der Waals surface area contributed by atoms with E-state index in [0.29, 0.717) is 6.04 Å². The zero-order valence-electron chi connectivity index (χ0n) is 9.26. The first kappa shape index (κ1) is 11.3. The molecular weight excluding hydrogens is 210 g/mol. The maximum atomic E-state index is 12.5. The standard InChI is InChI=1S/C12H16F2N2/c1-8-6-9(12(13)14)2-3-11(8)16-10-4-5-15-7-10/h2-3,6,10,12,15-16H,4-5,7H2,1H3. The number of hydrogen-bond donors (Lipinski definition) is 2. The van der Waals surface area contributed by atoms with E-state index in [-0.39, 0.29) is 5.56 Å². The van der Waals surface area contributed by atoms with Gasteiger partial charge in [-0.25, -0.2) is 8.78 Å². The Balaban J connectivity index is 2.09. The smallest absolute Gasteiger partial charge is 0.263 e. The summed E-state index contributed by atoms with van der Waals surface area (Å²) in [7, 11) is 0. The van der Waals surface area contributed by atoms with E-state index in [1.54, 1.807) is 12.1 Å². The van der Waals surface area contributed by atoms with Gasteiger partial charge in [0.25, 0.3) is 6.43 Å². The predicted molar refractivity (Wildman–Crippen MR) is 61.0 cm³/mol. The summed E-state index contributed by atoms with van der Waals surface area (Å²) in [6.07, 6.45) is -1.31. The lowest BCUT2D eigenvalue weighted by Crippen LogP contribution is -2.22. The van der Waals surface area contributed by atoms with Crippen molar-refractivity contribution in [2.24, 2.45) is 0 Å². The highest BCUT2D eigenvalue weighted by atomic mass is 19.3. The van der Waals surface area contributed by atoms with Crippen LogP contribution in [0.1, 0.15) is 24.0 Å². The first-order valence-electron chi connectivity index (χ1n) is 5.53. The number of alkyl halides is 2. The van der Waals surface area contributed by atoms with Gasteiger partial charge in [-0.05, 0) is 37.6 Å². The van der Waals surface area contributed by atoms with Gasteiger partial charge >= 0.3 is 0 Å². The Morgan fingerprint density at radius 2 is 2.25 bits per heavy atom. The van der Waals surface area contributed by atoms with Crippen LogP contribution in [0.2, 0.25) is 0 Å². The molecule has 0 aromatic heterocycles. The van der Waals surface area contributed by atoms with Crippen LogP contribution in [0.5, 0.6) is 0 Å². The van der Waals surface area contributed by atoms with Gasteiger partial charge in [0.05, 0.1) is 0 Å². The molecule has 0 radical (unpaired) electrons. The largest absolute Gasteiger partial charge is 0.381 e. The van der Waals surface area contributed by atoms with Crippen molar-refractivity contribution in [3.05, 3.63) is 29.3 Å². The second-order valence-corrected chi connectivity index (χ2v) is 4.21. The first-order chi connectivity index (χ1) is 7.66. The van der Waals surface area contributed by atoms with E-state index in [1.807, 2.05) is 6.92 Å². The summed E-state index contributed by atoms with van der Waals surface area (Å²) in [4.78, 5) is 0. The SMILES string of the molecule is Cc1cc(C(F)F)ccc1NC1CCNC1. The third kappa shape index (κ3) is 2.50. The molecule has 1 unspecified atom stereocenters. The van der Waals surface area contributed by atoms with Crippen molar-refractivity contribution in [3.63, 3.8) is 0 Å². The molecule has 1 saturated heterocycles. The molecule has 1 aliphatic heterocycles. The van der Waals surface area contributed by atoms with Crippen LogP contribution in [0, 0.1) is 6.92 Å². The van der Waals surface area contributed by atoms with Crippen LogP contribution in [-0.4, -0.2) is 19.1 Å². The number of hydrogen-bond acceptors (Lipinski definition) is 2. The van der Waals surface area contributed by atoms with Gasteiger partial charge in [-0.15, -0.1) is 0 Å².